The summed E-state index contributed by atoms with van der Waals surface area (Å²) in [6.07, 6.45) is 3.90. The summed E-state index contributed by atoms with van der Waals surface area (Å²) in [6.45, 7) is 0.388. The molecule has 0 aliphatic carbocycles. The largest absolute Gasteiger partial charge is 0.493 e. The minimum Gasteiger partial charge on any atom is -0.493 e. The molecule has 0 fully saturated rings. The van der Waals surface area contributed by atoms with E-state index in [1.165, 1.54) is 16.8 Å². The first-order valence-electron chi connectivity index (χ1n) is 11.0. The molecule has 1 aliphatic heterocycles. The number of carbonyl (C=O) groups is 1. The minimum atomic E-state index is -3.94. The number of ether oxygens (including phenoxy) is 1. The topological polar surface area (TPSA) is 110 Å². The molecular weight excluding hydrogens is 473 g/mol. The molecular formula is C25H22FN3O5S. The molecule has 8 nitrogen and oxygen atoms in total. The van der Waals surface area contributed by atoms with Crippen molar-refractivity contribution in [3.8, 4) is 16.9 Å². The zero-order valence-corrected chi connectivity index (χ0v) is 19.6. The first kappa shape index (κ1) is 22.9. The van der Waals surface area contributed by atoms with E-state index < -0.39 is 27.3 Å². The number of aromatic nitrogens is 2. The lowest BCUT2D eigenvalue weighted by molar-refractivity contribution is 0.0974. The van der Waals surface area contributed by atoms with Crippen LogP contribution in [0.3, 0.4) is 0 Å². The number of hydrogen-bond acceptors (Lipinski definition) is 5. The number of sulfonamides is 1. The van der Waals surface area contributed by atoms with Crippen molar-refractivity contribution in [2.45, 2.75) is 19.4 Å². The average molecular weight is 496 g/mol. The number of H-pyrrole nitrogens is 1. The normalized spacial score (nSPS) is 13.3. The average Bonchev–Trinajstić information content (AvgIpc) is 3.14. The standard InChI is InChI=1S/C25H22FN3O5S/c1-35(32,33)28-25(31)22-20(17-8-4-12-27-24(17)30)21-19(11-10-15-7-5-13-34-23(15)21)29(22)14-16-6-2-3-9-18(16)26/h2-4,6,8-12H,5,7,13-14H2,1H3,(H,27,30)(H,28,31). The number of pyridine rings is 1. The zero-order valence-electron chi connectivity index (χ0n) is 18.8. The molecule has 0 radical (unpaired) electrons. The highest BCUT2D eigenvalue weighted by Gasteiger charge is 2.31. The molecule has 35 heavy (non-hydrogen) atoms. The molecule has 0 atom stereocenters. The van der Waals surface area contributed by atoms with Gasteiger partial charge in [0.2, 0.25) is 10.0 Å². The lowest BCUT2D eigenvalue weighted by Gasteiger charge is -2.19. The quantitative estimate of drug-likeness (QED) is 0.442. The van der Waals surface area contributed by atoms with Gasteiger partial charge in [-0.1, -0.05) is 24.3 Å². The summed E-state index contributed by atoms with van der Waals surface area (Å²) in [5, 5.41) is 0.508. The fourth-order valence-electron chi connectivity index (χ4n) is 4.55. The maximum absolute atomic E-state index is 14.7. The lowest BCUT2D eigenvalue weighted by atomic mass is 9.97. The van der Waals surface area contributed by atoms with Crippen LogP contribution in [0.5, 0.6) is 5.75 Å². The number of halogens is 1. The predicted molar refractivity (Wildman–Crippen MR) is 130 cm³/mol. The number of nitrogens with one attached hydrogen (secondary N) is 2. The molecule has 0 unspecified atom stereocenters. The molecule has 5 rings (SSSR count). The summed E-state index contributed by atoms with van der Waals surface area (Å²) in [5.41, 5.74) is 1.60. The van der Waals surface area contributed by atoms with Crippen LogP contribution in [-0.4, -0.2) is 36.7 Å². The molecule has 10 heteroatoms. The molecule has 1 amide bonds. The Morgan fingerprint density at radius 3 is 2.71 bits per heavy atom. The highest BCUT2D eigenvalue weighted by atomic mass is 32.2. The van der Waals surface area contributed by atoms with E-state index in [2.05, 4.69) is 4.98 Å². The lowest BCUT2D eigenvalue weighted by Crippen LogP contribution is -2.32. The van der Waals surface area contributed by atoms with Crippen LogP contribution in [0.15, 0.2) is 59.5 Å². The SMILES string of the molecule is CS(=O)(=O)NC(=O)c1c(-c2ccc[nH]c2=O)c2c3c(ccc2n1Cc1ccccc1F)CCCO3. The van der Waals surface area contributed by atoms with Crippen molar-refractivity contribution in [2.75, 3.05) is 12.9 Å². The summed E-state index contributed by atoms with van der Waals surface area (Å²) < 4.78 is 48.2. The van der Waals surface area contributed by atoms with Gasteiger partial charge in [-0.05, 0) is 42.7 Å². The molecule has 4 aromatic rings. The fraction of sp³-hybridized carbons (Fsp3) is 0.200. The summed E-state index contributed by atoms with van der Waals surface area (Å²) in [6, 6.07) is 13.0. The van der Waals surface area contributed by atoms with Crippen LogP contribution in [0.25, 0.3) is 22.0 Å². The number of rotatable bonds is 5. The summed E-state index contributed by atoms with van der Waals surface area (Å²) in [4.78, 5) is 28.9. The molecule has 0 saturated carbocycles. The van der Waals surface area contributed by atoms with E-state index >= 15 is 0 Å². The fourth-order valence-corrected chi connectivity index (χ4v) is 4.98. The second-order valence-electron chi connectivity index (χ2n) is 8.42. The molecule has 3 heterocycles. The van der Waals surface area contributed by atoms with Crippen LogP contribution in [0.4, 0.5) is 4.39 Å². The van der Waals surface area contributed by atoms with E-state index in [1.807, 2.05) is 10.8 Å². The van der Waals surface area contributed by atoms with Crippen molar-refractivity contribution in [3.63, 3.8) is 0 Å². The number of benzene rings is 2. The summed E-state index contributed by atoms with van der Waals surface area (Å²) in [7, 11) is -3.94. The van der Waals surface area contributed by atoms with E-state index in [4.69, 9.17) is 4.74 Å². The van der Waals surface area contributed by atoms with Gasteiger partial charge in [-0.25, -0.2) is 17.5 Å². The van der Waals surface area contributed by atoms with Crippen LogP contribution < -0.4 is 15.0 Å². The molecule has 1 aliphatic rings. The van der Waals surface area contributed by atoms with Crippen LogP contribution in [0, 0.1) is 5.82 Å². The maximum Gasteiger partial charge on any atom is 0.282 e. The number of aromatic amines is 1. The van der Waals surface area contributed by atoms with Crippen molar-refractivity contribution in [1.29, 1.82) is 0 Å². The number of nitrogens with zero attached hydrogens (tertiary/aromatic N) is 1. The number of fused-ring (bicyclic) bond motifs is 3. The van der Waals surface area contributed by atoms with Crippen molar-refractivity contribution in [1.82, 2.24) is 14.3 Å². The molecule has 2 aromatic carbocycles. The highest BCUT2D eigenvalue weighted by molar-refractivity contribution is 7.89. The van der Waals surface area contributed by atoms with Gasteiger partial charge in [0.15, 0.2) is 0 Å². The van der Waals surface area contributed by atoms with Gasteiger partial charge in [-0.3, -0.25) is 9.59 Å². The predicted octanol–water partition coefficient (Wildman–Crippen LogP) is 3.20. The smallest absolute Gasteiger partial charge is 0.282 e. The molecule has 0 spiro atoms. The van der Waals surface area contributed by atoms with E-state index in [0.29, 0.717) is 28.8 Å². The van der Waals surface area contributed by atoms with Gasteiger partial charge in [-0.2, -0.15) is 0 Å². The Balaban J connectivity index is 1.91. The highest BCUT2D eigenvalue weighted by Crippen LogP contribution is 2.43. The molecule has 0 saturated heterocycles. The Morgan fingerprint density at radius 2 is 1.97 bits per heavy atom. The van der Waals surface area contributed by atoms with E-state index in [9.17, 15) is 22.4 Å². The zero-order chi connectivity index (χ0) is 24.7. The van der Waals surface area contributed by atoms with Gasteiger partial charge in [0.05, 0.1) is 35.9 Å². The van der Waals surface area contributed by atoms with Crippen molar-refractivity contribution < 1.29 is 22.3 Å². The number of carbonyl (C=O) groups excluding carboxylic acids is 1. The van der Waals surface area contributed by atoms with Crippen molar-refractivity contribution in [3.05, 3.63) is 87.7 Å². The summed E-state index contributed by atoms with van der Waals surface area (Å²) in [5.74, 6) is -0.868. The van der Waals surface area contributed by atoms with E-state index in [1.54, 1.807) is 36.4 Å². The second-order valence-corrected chi connectivity index (χ2v) is 10.2. The van der Waals surface area contributed by atoms with Gasteiger partial charge in [0, 0.05) is 17.3 Å². The van der Waals surface area contributed by atoms with Crippen LogP contribution in [-0.2, 0) is 23.0 Å². The monoisotopic (exact) mass is 495 g/mol. The van der Waals surface area contributed by atoms with Gasteiger partial charge in [-0.15, -0.1) is 0 Å². The van der Waals surface area contributed by atoms with E-state index in [-0.39, 0.29) is 23.4 Å². The summed E-state index contributed by atoms with van der Waals surface area (Å²) >= 11 is 0. The minimum absolute atomic E-state index is 0.0702. The Hall–Kier alpha value is -3.92. The molecule has 2 N–H and O–H groups in total. The third-order valence-corrected chi connectivity index (χ3v) is 6.52. The van der Waals surface area contributed by atoms with Gasteiger partial charge in [0.25, 0.3) is 11.5 Å². The van der Waals surface area contributed by atoms with Gasteiger partial charge >= 0.3 is 0 Å². The Kier molecular flexibility index (Phi) is 5.68. The molecule has 0 bridgehead atoms. The Morgan fingerprint density at radius 1 is 1.17 bits per heavy atom. The van der Waals surface area contributed by atoms with Crippen LogP contribution in [0.1, 0.15) is 28.0 Å². The van der Waals surface area contributed by atoms with Gasteiger partial charge in [0.1, 0.15) is 17.3 Å². The van der Waals surface area contributed by atoms with E-state index in [0.717, 1.165) is 24.7 Å². The second kappa shape index (κ2) is 8.70. The Bertz CT molecular complexity index is 1640. The third kappa shape index (κ3) is 4.21. The van der Waals surface area contributed by atoms with Crippen LogP contribution >= 0.6 is 0 Å². The number of aryl methyl sites for hydroxylation is 1. The molecule has 180 valence electrons. The number of amides is 1. The van der Waals surface area contributed by atoms with Gasteiger partial charge < -0.3 is 14.3 Å². The van der Waals surface area contributed by atoms with Crippen molar-refractivity contribution in [2.24, 2.45) is 0 Å². The first-order valence-corrected chi connectivity index (χ1v) is 12.9. The van der Waals surface area contributed by atoms with Crippen LogP contribution in [0.2, 0.25) is 0 Å². The first-order chi connectivity index (χ1) is 16.7. The van der Waals surface area contributed by atoms with Crippen molar-refractivity contribution >= 4 is 26.8 Å². The maximum atomic E-state index is 14.7. The molecule has 2 aromatic heterocycles. The third-order valence-electron chi connectivity index (χ3n) is 5.97. The number of hydrogen-bond donors (Lipinski definition) is 2. The Labute approximate surface area is 200 Å².